The van der Waals surface area contributed by atoms with Crippen LogP contribution >= 0.6 is 24.0 Å². The number of guanidine groups is 1. The van der Waals surface area contributed by atoms with Crippen LogP contribution in [0, 0.1) is 0 Å². The van der Waals surface area contributed by atoms with Crippen molar-refractivity contribution in [2.45, 2.75) is 50.1 Å². The zero-order chi connectivity index (χ0) is 20.6. The Hall–Kier alpha value is -1.04. The average Bonchev–Trinajstić information content (AvgIpc) is 2.69. The number of ether oxygens (including phenoxy) is 1. The van der Waals surface area contributed by atoms with Gasteiger partial charge in [-0.15, -0.1) is 24.0 Å². The molecule has 29 heavy (non-hydrogen) atoms. The average molecular weight is 547 g/mol. The van der Waals surface area contributed by atoms with Crippen molar-refractivity contribution < 1.29 is 22.1 Å². The van der Waals surface area contributed by atoms with E-state index in [9.17, 15) is 17.4 Å². The number of nitrogens with one attached hydrogen (secondary N) is 2. The quantitative estimate of drug-likeness (QED) is 0.235. The maximum absolute atomic E-state index is 12.5. The molecule has 10 heteroatoms. The molecule has 0 amide bonds. The normalized spacial score (nSPS) is 21.1. The van der Waals surface area contributed by atoms with Crippen molar-refractivity contribution in [3.05, 3.63) is 29.8 Å². The Bertz CT molecular complexity index is 672. The summed E-state index contributed by atoms with van der Waals surface area (Å²) in [6.07, 6.45) is -0.419. The lowest BCUT2D eigenvalue weighted by Gasteiger charge is -2.30. The molecule has 1 aromatic rings. The Morgan fingerprint density at radius 3 is 2.55 bits per heavy atom. The second kappa shape index (κ2) is 12.6. The van der Waals surface area contributed by atoms with Crippen LogP contribution in [-0.4, -0.2) is 47.4 Å². The topological polar surface area (TPSA) is 62.7 Å². The third-order valence-electron chi connectivity index (χ3n) is 4.69. The highest BCUT2D eigenvalue weighted by Gasteiger charge is 2.30. The summed E-state index contributed by atoms with van der Waals surface area (Å²) in [5, 5.41) is 6.73. The Labute approximate surface area is 189 Å². The molecular weight excluding hydrogens is 518 g/mol. The molecular formula is C19H29F3IN3O2S. The van der Waals surface area contributed by atoms with E-state index in [1.165, 1.54) is 12.1 Å². The van der Waals surface area contributed by atoms with Crippen molar-refractivity contribution in [2.24, 2.45) is 4.99 Å². The number of aliphatic imine (C=N–C) groups is 1. The predicted octanol–water partition coefficient (Wildman–Crippen LogP) is 3.95. The van der Waals surface area contributed by atoms with Crippen LogP contribution in [0.3, 0.4) is 0 Å². The zero-order valence-electron chi connectivity index (χ0n) is 16.6. The van der Waals surface area contributed by atoms with Gasteiger partial charge in [-0.3, -0.25) is 9.20 Å². The molecule has 1 aromatic carbocycles. The molecule has 1 saturated carbocycles. The van der Waals surface area contributed by atoms with Crippen LogP contribution in [0.5, 0.6) is 5.75 Å². The molecule has 5 nitrogen and oxygen atoms in total. The SMILES string of the molecule is CCS(=O)C1CCCC(NC(=NC)NCCOc2ccc(C(F)(F)F)cc2)C1.I. The van der Waals surface area contributed by atoms with Gasteiger partial charge in [0.2, 0.25) is 0 Å². The number of alkyl halides is 3. The lowest BCUT2D eigenvalue weighted by atomic mass is 9.95. The minimum absolute atomic E-state index is 0. The fraction of sp³-hybridized carbons (Fsp3) is 0.632. The van der Waals surface area contributed by atoms with Crippen LogP contribution in [0.15, 0.2) is 29.3 Å². The number of rotatable bonds is 7. The summed E-state index contributed by atoms with van der Waals surface area (Å²) in [7, 11) is 0.900. The van der Waals surface area contributed by atoms with Crippen molar-refractivity contribution in [2.75, 3.05) is 26.0 Å². The van der Waals surface area contributed by atoms with Crippen molar-refractivity contribution in [1.29, 1.82) is 0 Å². The zero-order valence-corrected chi connectivity index (χ0v) is 19.8. The molecule has 166 valence electrons. The molecule has 2 N–H and O–H groups in total. The first kappa shape index (κ1) is 26.0. The van der Waals surface area contributed by atoms with E-state index < -0.39 is 22.5 Å². The molecule has 0 heterocycles. The van der Waals surface area contributed by atoms with Gasteiger partial charge in [0.25, 0.3) is 0 Å². The van der Waals surface area contributed by atoms with Crippen molar-refractivity contribution >= 4 is 40.7 Å². The fourth-order valence-corrected chi connectivity index (χ4v) is 4.56. The van der Waals surface area contributed by atoms with Gasteiger partial charge >= 0.3 is 6.18 Å². The van der Waals surface area contributed by atoms with Gasteiger partial charge in [-0.25, -0.2) is 0 Å². The second-order valence-corrected chi connectivity index (χ2v) is 8.67. The summed E-state index contributed by atoms with van der Waals surface area (Å²) in [6, 6.07) is 4.86. The van der Waals surface area contributed by atoms with Crippen LogP contribution in [0.2, 0.25) is 0 Å². The second-order valence-electron chi connectivity index (χ2n) is 6.67. The van der Waals surface area contributed by atoms with Gasteiger partial charge in [0.05, 0.1) is 12.1 Å². The molecule has 0 saturated heterocycles. The van der Waals surface area contributed by atoms with E-state index in [1.807, 2.05) is 6.92 Å². The molecule has 0 aliphatic heterocycles. The van der Waals surface area contributed by atoms with Gasteiger partial charge in [-0.2, -0.15) is 13.2 Å². The fourth-order valence-electron chi connectivity index (χ4n) is 3.22. The van der Waals surface area contributed by atoms with E-state index in [-0.39, 0.29) is 35.3 Å². The maximum atomic E-state index is 12.5. The predicted molar refractivity (Wildman–Crippen MR) is 122 cm³/mol. The molecule has 0 bridgehead atoms. The minimum Gasteiger partial charge on any atom is -0.492 e. The van der Waals surface area contributed by atoms with Gasteiger partial charge in [0.15, 0.2) is 5.96 Å². The number of benzene rings is 1. The van der Waals surface area contributed by atoms with Crippen molar-refractivity contribution in [3.8, 4) is 5.75 Å². The molecule has 2 rings (SSSR count). The van der Waals surface area contributed by atoms with E-state index in [4.69, 9.17) is 4.74 Å². The van der Waals surface area contributed by atoms with E-state index in [0.29, 0.717) is 30.6 Å². The first-order valence-corrected chi connectivity index (χ1v) is 10.9. The van der Waals surface area contributed by atoms with Gasteiger partial charge in [-0.1, -0.05) is 13.3 Å². The molecule has 0 aromatic heterocycles. The number of nitrogens with zero attached hydrogens (tertiary/aromatic N) is 1. The monoisotopic (exact) mass is 547 g/mol. The molecule has 1 fully saturated rings. The number of halogens is 4. The van der Waals surface area contributed by atoms with Crippen molar-refractivity contribution in [1.82, 2.24) is 10.6 Å². The maximum Gasteiger partial charge on any atom is 0.416 e. The van der Waals surface area contributed by atoms with E-state index >= 15 is 0 Å². The number of hydrogen-bond donors (Lipinski definition) is 2. The molecule has 0 spiro atoms. The molecule has 3 atom stereocenters. The summed E-state index contributed by atoms with van der Waals surface area (Å²) in [5.41, 5.74) is -0.697. The van der Waals surface area contributed by atoms with Gasteiger partial charge in [-0.05, 0) is 43.5 Å². The Balaban J connectivity index is 0.00000420. The Kier molecular flexibility index (Phi) is 11.3. The van der Waals surface area contributed by atoms with E-state index in [0.717, 1.165) is 37.8 Å². The molecule has 3 unspecified atom stereocenters. The summed E-state index contributed by atoms with van der Waals surface area (Å²) in [5.74, 6) is 1.71. The van der Waals surface area contributed by atoms with Crippen LogP contribution in [0.1, 0.15) is 38.2 Å². The summed E-state index contributed by atoms with van der Waals surface area (Å²) >= 11 is 0. The smallest absolute Gasteiger partial charge is 0.416 e. The van der Waals surface area contributed by atoms with Crippen LogP contribution in [-0.2, 0) is 17.0 Å². The highest BCUT2D eigenvalue weighted by Crippen LogP contribution is 2.30. The summed E-state index contributed by atoms with van der Waals surface area (Å²) in [4.78, 5) is 4.19. The van der Waals surface area contributed by atoms with E-state index in [1.54, 1.807) is 7.05 Å². The minimum atomic E-state index is -4.35. The third kappa shape index (κ3) is 8.69. The largest absolute Gasteiger partial charge is 0.492 e. The first-order chi connectivity index (χ1) is 13.3. The highest BCUT2D eigenvalue weighted by molar-refractivity contribution is 14.0. The lowest BCUT2D eigenvalue weighted by Crippen LogP contribution is -2.47. The Morgan fingerprint density at radius 1 is 1.28 bits per heavy atom. The Morgan fingerprint density at radius 2 is 1.97 bits per heavy atom. The molecule has 0 radical (unpaired) electrons. The number of hydrogen-bond acceptors (Lipinski definition) is 3. The van der Waals surface area contributed by atoms with Gasteiger partial charge in [0, 0.05) is 34.9 Å². The van der Waals surface area contributed by atoms with Crippen LogP contribution in [0.4, 0.5) is 13.2 Å². The molecule has 1 aliphatic rings. The van der Waals surface area contributed by atoms with Crippen molar-refractivity contribution in [3.63, 3.8) is 0 Å². The standard InChI is InChI=1S/C19H28F3N3O2S.HI/c1-3-28(26)17-6-4-5-15(13-17)25-18(23-2)24-11-12-27-16-9-7-14(8-10-16)19(20,21)22;/h7-10,15,17H,3-6,11-13H2,1-2H3,(H2,23,24,25);1H. The summed E-state index contributed by atoms with van der Waals surface area (Å²) in [6.45, 7) is 2.70. The first-order valence-electron chi connectivity index (χ1n) is 9.48. The third-order valence-corrected chi connectivity index (χ3v) is 6.43. The van der Waals surface area contributed by atoms with Crippen LogP contribution in [0.25, 0.3) is 0 Å². The van der Waals surface area contributed by atoms with E-state index in [2.05, 4.69) is 15.6 Å². The summed E-state index contributed by atoms with van der Waals surface area (Å²) < 4.78 is 55.2. The molecule has 1 aliphatic carbocycles. The lowest BCUT2D eigenvalue weighted by molar-refractivity contribution is -0.137. The van der Waals surface area contributed by atoms with Gasteiger partial charge < -0.3 is 15.4 Å². The van der Waals surface area contributed by atoms with Crippen LogP contribution < -0.4 is 15.4 Å². The highest BCUT2D eigenvalue weighted by atomic mass is 127. The van der Waals surface area contributed by atoms with Gasteiger partial charge in [0.1, 0.15) is 12.4 Å².